The van der Waals surface area contributed by atoms with Crippen LogP contribution in [-0.4, -0.2) is 40.4 Å². The summed E-state index contributed by atoms with van der Waals surface area (Å²) in [6, 6.07) is 9.42. The van der Waals surface area contributed by atoms with Crippen molar-refractivity contribution in [3.8, 4) is 0 Å². The van der Waals surface area contributed by atoms with Gasteiger partial charge in [0.05, 0.1) is 6.04 Å². The van der Waals surface area contributed by atoms with E-state index in [1.54, 1.807) is 0 Å². The first-order valence-corrected chi connectivity index (χ1v) is 8.94. The maximum Gasteiger partial charge on any atom is 0.705 e. The van der Waals surface area contributed by atoms with E-state index in [1.165, 1.54) is 7.11 Å². The molecule has 0 amide bonds. The van der Waals surface area contributed by atoms with Crippen molar-refractivity contribution in [2.75, 3.05) is 13.7 Å². The van der Waals surface area contributed by atoms with Crippen molar-refractivity contribution < 1.29 is 32.4 Å². The Hall–Kier alpha value is -2.19. The van der Waals surface area contributed by atoms with Gasteiger partial charge in [0.25, 0.3) is 11.9 Å². The van der Waals surface area contributed by atoms with Crippen LogP contribution in [0.5, 0.6) is 0 Å². The van der Waals surface area contributed by atoms with Crippen molar-refractivity contribution in [2.24, 2.45) is 0 Å². The maximum atomic E-state index is 11.7. The van der Waals surface area contributed by atoms with Crippen LogP contribution in [0.4, 0.5) is 0 Å². The number of hydrogen-bond donors (Lipinski definition) is 0. The van der Waals surface area contributed by atoms with Gasteiger partial charge in [0.1, 0.15) is 6.61 Å². The number of rotatable bonds is 8. The molecule has 0 saturated heterocycles. The number of carbonyl (C=O) groups excluding carboxylic acids is 3. The normalized spacial score (nSPS) is 10.7. The number of aryl methyl sites for hydroxylation is 1. The minimum absolute atomic E-state index is 0.103. The third-order valence-electron chi connectivity index (χ3n) is 2.69. The summed E-state index contributed by atoms with van der Waals surface area (Å²) in [5, 5.41) is 0. The Morgan fingerprint density at radius 1 is 0.957 bits per heavy atom. The van der Waals surface area contributed by atoms with Gasteiger partial charge in [-0.2, -0.15) is 0 Å². The van der Waals surface area contributed by atoms with Crippen molar-refractivity contribution in [3.63, 3.8) is 0 Å². The lowest BCUT2D eigenvalue weighted by molar-refractivity contribution is -0.150. The standard InChI is InChI=1S/C15H20O7Si/c1-12(16)20-23(21-13(2)17,22-15(18)11-19-3)10-9-14-7-5-4-6-8-14/h4-8H,9-11H2,1-3H3. The van der Waals surface area contributed by atoms with E-state index in [0.29, 0.717) is 6.42 Å². The number of benzene rings is 1. The van der Waals surface area contributed by atoms with E-state index in [-0.39, 0.29) is 12.7 Å². The van der Waals surface area contributed by atoms with Gasteiger partial charge < -0.3 is 18.0 Å². The number of hydrogen-bond acceptors (Lipinski definition) is 7. The van der Waals surface area contributed by atoms with Crippen LogP contribution >= 0.6 is 0 Å². The zero-order valence-corrected chi connectivity index (χ0v) is 14.4. The molecule has 0 aromatic heterocycles. The molecule has 0 spiro atoms. The van der Waals surface area contributed by atoms with Crippen LogP contribution in [-0.2, 0) is 38.8 Å². The molecule has 0 aliphatic carbocycles. The molecule has 0 atom stereocenters. The summed E-state index contributed by atoms with van der Waals surface area (Å²) in [4.78, 5) is 34.5. The lowest BCUT2D eigenvalue weighted by atomic mass is 10.2. The Labute approximate surface area is 135 Å². The highest BCUT2D eigenvalue weighted by molar-refractivity contribution is 6.65. The molecular formula is C15H20O7Si. The van der Waals surface area contributed by atoms with Crippen LogP contribution in [0.25, 0.3) is 0 Å². The summed E-state index contributed by atoms with van der Waals surface area (Å²) in [5.74, 6) is -2.12. The van der Waals surface area contributed by atoms with E-state index >= 15 is 0 Å². The first-order valence-electron chi connectivity index (χ1n) is 7.01. The third kappa shape index (κ3) is 7.07. The maximum absolute atomic E-state index is 11.7. The lowest BCUT2D eigenvalue weighted by Crippen LogP contribution is -2.50. The molecule has 0 heterocycles. The summed E-state index contributed by atoms with van der Waals surface area (Å²) in [7, 11) is -2.51. The first-order chi connectivity index (χ1) is 10.9. The fraction of sp³-hybridized carbons (Fsp3) is 0.400. The average Bonchev–Trinajstić information content (AvgIpc) is 2.45. The van der Waals surface area contributed by atoms with Crippen LogP contribution < -0.4 is 0 Å². The minimum atomic E-state index is -3.83. The Kier molecular flexibility index (Phi) is 7.43. The molecule has 0 aliphatic heterocycles. The molecule has 0 saturated carbocycles. The summed E-state index contributed by atoms with van der Waals surface area (Å²) in [6.45, 7) is 2.00. The molecule has 1 aromatic rings. The SMILES string of the molecule is COCC(=O)O[Si](CCc1ccccc1)(OC(C)=O)OC(C)=O. The molecule has 0 bridgehead atoms. The fourth-order valence-electron chi connectivity index (χ4n) is 1.92. The van der Waals surface area contributed by atoms with Gasteiger partial charge in [0.2, 0.25) is 0 Å². The predicted octanol–water partition coefficient (Wildman–Crippen LogP) is 1.48. The largest absolute Gasteiger partial charge is 0.705 e. The van der Waals surface area contributed by atoms with Gasteiger partial charge in [-0.15, -0.1) is 0 Å². The highest BCUT2D eigenvalue weighted by Gasteiger charge is 2.51. The Bertz CT molecular complexity index is 528. The zero-order chi connectivity index (χ0) is 17.3. The molecular weight excluding hydrogens is 320 g/mol. The topological polar surface area (TPSA) is 88.1 Å². The van der Waals surface area contributed by atoms with Gasteiger partial charge in [-0.25, -0.2) is 0 Å². The van der Waals surface area contributed by atoms with Crippen LogP contribution in [0, 0.1) is 0 Å². The van der Waals surface area contributed by atoms with Gasteiger partial charge >= 0.3 is 14.8 Å². The molecule has 0 unspecified atom stereocenters. The fourth-order valence-corrected chi connectivity index (χ4v) is 4.22. The molecule has 126 valence electrons. The molecule has 0 radical (unpaired) electrons. The van der Waals surface area contributed by atoms with Gasteiger partial charge in [-0.1, -0.05) is 30.3 Å². The van der Waals surface area contributed by atoms with Crippen LogP contribution in [0.1, 0.15) is 19.4 Å². The van der Waals surface area contributed by atoms with Crippen molar-refractivity contribution in [1.29, 1.82) is 0 Å². The second-order valence-electron chi connectivity index (χ2n) is 4.76. The number of ether oxygens (including phenoxy) is 1. The van der Waals surface area contributed by atoms with E-state index in [4.69, 9.17) is 13.3 Å². The van der Waals surface area contributed by atoms with Gasteiger partial charge in [0, 0.05) is 21.0 Å². The second kappa shape index (κ2) is 9.06. The monoisotopic (exact) mass is 340 g/mol. The quantitative estimate of drug-likeness (QED) is 0.662. The smallest absolute Gasteiger partial charge is 0.455 e. The Morgan fingerprint density at radius 2 is 1.52 bits per heavy atom. The highest BCUT2D eigenvalue weighted by Crippen LogP contribution is 2.20. The van der Waals surface area contributed by atoms with Crippen molar-refractivity contribution in [2.45, 2.75) is 26.3 Å². The van der Waals surface area contributed by atoms with E-state index in [0.717, 1.165) is 19.4 Å². The van der Waals surface area contributed by atoms with Crippen molar-refractivity contribution >= 4 is 26.7 Å². The summed E-state index contributed by atoms with van der Waals surface area (Å²) in [5.41, 5.74) is 0.937. The molecule has 7 nitrogen and oxygen atoms in total. The van der Waals surface area contributed by atoms with Crippen molar-refractivity contribution in [1.82, 2.24) is 0 Å². The van der Waals surface area contributed by atoms with Crippen molar-refractivity contribution in [3.05, 3.63) is 35.9 Å². The van der Waals surface area contributed by atoms with E-state index < -0.39 is 26.7 Å². The van der Waals surface area contributed by atoms with Gasteiger partial charge in [-0.3, -0.25) is 14.4 Å². The van der Waals surface area contributed by atoms with Crippen LogP contribution in [0.3, 0.4) is 0 Å². The Morgan fingerprint density at radius 3 is 2.00 bits per heavy atom. The van der Waals surface area contributed by atoms with E-state index in [9.17, 15) is 14.4 Å². The average molecular weight is 340 g/mol. The van der Waals surface area contributed by atoms with Gasteiger partial charge in [-0.05, 0) is 12.0 Å². The molecule has 0 aliphatic rings. The first kappa shape index (κ1) is 18.9. The molecule has 23 heavy (non-hydrogen) atoms. The summed E-state index contributed by atoms with van der Waals surface area (Å²) in [6.07, 6.45) is 0.424. The summed E-state index contributed by atoms with van der Waals surface area (Å²) < 4.78 is 20.2. The molecule has 8 heteroatoms. The molecule has 0 fully saturated rings. The number of carbonyl (C=O) groups is 3. The van der Waals surface area contributed by atoms with E-state index in [2.05, 4.69) is 4.74 Å². The lowest BCUT2D eigenvalue weighted by Gasteiger charge is -2.26. The number of methoxy groups -OCH3 is 1. The van der Waals surface area contributed by atoms with E-state index in [1.807, 2.05) is 30.3 Å². The zero-order valence-electron chi connectivity index (χ0n) is 13.4. The predicted molar refractivity (Wildman–Crippen MR) is 82.2 cm³/mol. The third-order valence-corrected chi connectivity index (χ3v) is 5.29. The van der Waals surface area contributed by atoms with Gasteiger partial charge in [0.15, 0.2) is 0 Å². The van der Waals surface area contributed by atoms with Crippen LogP contribution in [0.2, 0.25) is 6.04 Å². The second-order valence-corrected chi connectivity index (χ2v) is 7.24. The molecule has 1 rings (SSSR count). The minimum Gasteiger partial charge on any atom is -0.455 e. The summed E-state index contributed by atoms with van der Waals surface area (Å²) >= 11 is 0. The van der Waals surface area contributed by atoms with Crippen LogP contribution in [0.15, 0.2) is 30.3 Å². The molecule has 1 aromatic carbocycles. The molecule has 0 N–H and O–H groups in total. The highest BCUT2D eigenvalue weighted by atomic mass is 28.4. The Balaban J connectivity index is 2.96.